The first-order valence-electron chi connectivity index (χ1n) is 10.2. The maximum atomic E-state index is 12.8. The van der Waals surface area contributed by atoms with E-state index in [9.17, 15) is 4.79 Å². The first-order chi connectivity index (χ1) is 14.5. The molecule has 30 heavy (non-hydrogen) atoms. The third-order valence-electron chi connectivity index (χ3n) is 5.64. The smallest absolute Gasteiger partial charge is 0.249 e. The van der Waals surface area contributed by atoms with E-state index in [-0.39, 0.29) is 11.9 Å². The number of aromatic nitrogens is 4. The van der Waals surface area contributed by atoms with Gasteiger partial charge in [-0.15, -0.1) is 0 Å². The Labute approximate surface area is 174 Å². The van der Waals surface area contributed by atoms with E-state index < -0.39 is 0 Å². The van der Waals surface area contributed by atoms with E-state index in [4.69, 9.17) is 9.40 Å². The molecule has 1 amide bonds. The summed E-state index contributed by atoms with van der Waals surface area (Å²) < 4.78 is 5.52. The largest absolute Gasteiger partial charge is 0.439 e. The number of carbonyl (C=O) groups is 1. The highest BCUT2D eigenvalue weighted by atomic mass is 16.4. The average molecular weight is 405 g/mol. The number of pyridine rings is 1. The first-order valence-corrected chi connectivity index (χ1v) is 10.2. The van der Waals surface area contributed by atoms with E-state index in [1.54, 1.807) is 24.2 Å². The zero-order valence-corrected chi connectivity index (χ0v) is 17.2. The van der Waals surface area contributed by atoms with Crippen LogP contribution in [0, 0.1) is 6.92 Å². The van der Waals surface area contributed by atoms with Crippen molar-refractivity contribution in [1.29, 1.82) is 0 Å². The number of carbonyl (C=O) groups excluding carboxylic acids is 1. The number of oxazole rings is 1. The van der Waals surface area contributed by atoms with E-state index >= 15 is 0 Å². The number of likely N-dealkylation sites (N-methyl/N-ethyl adjacent to an activating group) is 1. The standard InChI is InChI=1S/C21H23N7O2/c1-4-14-18-19(28-9-5-6-16(28)20(29)27(18)3)26-21(25-14)24-13-7-8-15(23-10-13)17-11-22-12(2)30-17/h7-8,10-11,16H,4-6,9H2,1-3H3,(H,24,25,26). The van der Waals surface area contributed by atoms with E-state index in [2.05, 4.69) is 25.2 Å². The number of anilines is 4. The summed E-state index contributed by atoms with van der Waals surface area (Å²) in [6.45, 7) is 4.67. The van der Waals surface area contributed by atoms with Crippen LogP contribution in [0.15, 0.2) is 28.9 Å². The second kappa shape index (κ2) is 7.08. The number of fused-ring (bicyclic) bond motifs is 3. The molecule has 0 spiro atoms. The van der Waals surface area contributed by atoms with Gasteiger partial charge in [0.2, 0.25) is 11.9 Å². The van der Waals surface area contributed by atoms with Gasteiger partial charge in [-0.3, -0.25) is 9.78 Å². The molecule has 154 valence electrons. The highest BCUT2D eigenvalue weighted by Crippen LogP contribution is 2.40. The summed E-state index contributed by atoms with van der Waals surface area (Å²) in [6, 6.07) is 3.65. The molecule has 2 aliphatic rings. The van der Waals surface area contributed by atoms with Crippen molar-refractivity contribution in [3.05, 3.63) is 36.1 Å². The SMILES string of the molecule is CCc1nc(Nc2ccc(-c3cnc(C)o3)nc2)nc2c1N(C)C(=O)C1CCCN21. The fraction of sp³-hybridized carbons (Fsp3) is 0.381. The number of hydrogen-bond acceptors (Lipinski definition) is 8. The van der Waals surface area contributed by atoms with Crippen LogP contribution in [0.3, 0.4) is 0 Å². The maximum absolute atomic E-state index is 12.8. The quantitative estimate of drug-likeness (QED) is 0.707. The molecule has 1 saturated heterocycles. The van der Waals surface area contributed by atoms with Gasteiger partial charge in [-0.2, -0.15) is 4.98 Å². The molecular weight excluding hydrogens is 382 g/mol. The van der Waals surface area contributed by atoms with Gasteiger partial charge in [0.15, 0.2) is 17.5 Å². The molecule has 1 unspecified atom stereocenters. The second-order valence-corrected chi connectivity index (χ2v) is 7.57. The summed E-state index contributed by atoms with van der Waals surface area (Å²) in [5, 5.41) is 3.26. The van der Waals surface area contributed by atoms with E-state index in [1.165, 1.54) is 0 Å². The normalized spacial score (nSPS) is 17.8. The highest BCUT2D eigenvalue weighted by Gasteiger charge is 2.41. The van der Waals surface area contributed by atoms with Gasteiger partial charge in [-0.1, -0.05) is 6.92 Å². The van der Waals surface area contributed by atoms with Crippen LogP contribution >= 0.6 is 0 Å². The number of amides is 1. The minimum absolute atomic E-state index is 0.124. The van der Waals surface area contributed by atoms with Crippen LogP contribution in [0.4, 0.5) is 23.1 Å². The average Bonchev–Trinajstić information content (AvgIpc) is 3.41. The Morgan fingerprint density at radius 1 is 1.23 bits per heavy atom. The van der Waals surface area contributed by atoms with Crippen LogP contribution in [0.2, 0.25) is 0 Å². The lowest BCUT2D eigenvalue weighted by molar-refractivity contribution is -0.119. The minimum atomic E-state index is -0.124. The monoisotopic (exact) mass is 405 g/mol. The highest BCUT2D eigenvalue weighted by molar-refractivity contribution is 6.05. The predicted molar refractivity (Wildman–Crippen MR) is 113 cm³/mol. The fourth-order valence-corrected chi connectivity index (χ4v) is 4.17. The van der Waals surface area contributed by atoms with Crippen LogP contribution in [0.1, 0.15) is 31.4 Å². The molecule has 3 aromatic heterocycles. The minimum Gasteiger partial charge on any atom is -0.439 e. The Kier molecular flexibility index (Phi) is 4.38. The molecule has 1 N–H and O–H groups in total. The molecule has 2 aliphatic heterocycles. The van der Waals surface area contributed by atoms with Crippen molar-refractivity contribution in [3.63, 3.8) is 0 Å². The number of rotatable bonds is 4. The molecule has 9 nitrogen and oxygen atoms in total. The van der Waals surface area contributed by atoms with Crippen molar-refractivity contribution in [1.82, 2.24) is 19.9 Å². The third-order valence-corrected chi connectivity index (χ3v) is 5.64. The van der Waals surface area contributed by atoms with E-state index in [0.29, 0.717) is 29.7 Å². The summed E-state index contributed by atoms with van der Waals surface area (Å²) in [7, 11) is 1.82. The third kappa shape index (κ3) is 2.97. The lowest BCUT2D eigenvalue weighted by Gasteiger charge is -2.37. The molecule has 3 aromatic rings. The van der Waals surface area contributed by atoms with Crippen LogP contribution in [-0.2, 0) is 11.2 Å². The Balaban J connectivity index is 1.47. The summed E-state index contributed by atoms with van der Waals surface area (Å²) in [5.41, 5.74) is 3.16. The summed E-state index contributed by atoms with van der Waals surface area (Å²) >= 11 is 0. The van der Waals surface area contributed by atoms with Crippen molar-refractivity contribution < 1.29 is 9.21 Å². The molecule has 5 rings (SSSR count). The molecule has 0 radical (unpaired) electrons. The van der Waals surface area contributed by atoms with Gasteiger partial charge in [0.25, 0.3) is 0 Å². The summed E-state index contributed by atoms with van der Waals surface area (Å²) in [6.07, 6.45) is 5.94. The molecule has 0 aromatic carbocycles. The van der Waals surface area contributed by atoms with Gasteiger partial charge >= 0.3 is 0 Å². The molecular formula is C21H23N7O2. The van der Waals surface area contributed by atoms with Crippen LogP contribution in [0.5, 0.6) is 0 Å². The van der Waals surface area contributed by atoms with Crippen LogP contribution < -0.4 is 15.1 Å². The Bertz CT molecular complexity index is 1110. The molecule has 1 fully saturated rings. The zero-order valence-electron chi connectivity index (χ0n) is 17.2. The van der Waals surface area contributed by atoms with Crippen LogP contribution in [0.25, 0.3) is 11.5 Å². The molecule has 1 atom stereocenters. The van der Waals surface area contributed by atoms with E-state index in [0.717, 1.165) is 42.3 Å². The van der Waals surface area contributed by atoms with Crippen molar-refractivity contribution in [2.24, 2.45) is 0 Å². The van der Waals surface area contributed by atoms with Gasteiger partial charge in [0.1, 0.15) is 17.4 Å². The Morgan fingerprint density at radius 2 is 2.10 bits per heavy atom. The lowest BCUT2D eigenvalue weighted by atomic mass is 10.1. The molecule has 0 aliphatic carbocycles. The van der Waals surface area contributed by atoms with Gasteiger partial charge in [0, 0.05) is 20.5 Å². The molecule has 0 bridgehead atoms. The predicted octanol–water partition coefficient (Wildman–Crippen LogP) is 3.09. The number of hydrogen-bond donors (Lipinski definition) is 1. The fourth-order valence-electron chi connectivity index (χ4n) is 4.17. The van der Waals surface area contributed by atoms with Crippen molar-refractivity contribution in [3.8, 4) is 11.5 Å². The maximum Gasteiger partial charge on any atom is 0.249 e. The van der Waals surface area contributed by atoms with Gasteiger partial charge in [-0.05, 0) is 31.4 Å². The number of nitrogens with zero attached hydrogens (tertiary/aromatic N) is 6. The topological polar surface area (TPSA) is 100 Å². The number of aryl methyl sites for hydroxylation is 2. The van der Waals surface area contributed by atoms with E-state index in [1.807, 2.05) is 26.1 Å². The van der Waals surface area contributed by atoms with Gasteiger partial charge in [-0.25, -0.2) is 9.97 Å². The second-order valence-electron chi connectivity index (χ2n) is 7.57. The molecule has 5 heterocycles. The van der Waals surface area contributed by atoms with Crippen LogP contribution in [-0.4, -0.2) is 45.5 Å². The van der Waals surface area contributed by atoms with Crippen molar-refractivity contribution in [2.75, 3.05) is 28.7 Å². The number of nitrogens with one attached hydrogen (secondary N) is 1. The lowest BCUT2D eigenvalue weighted by Crippen LogP contribution is -2.50. The zero-order chi connectivity index (χ0) is 20.8. The van der Waals surface area contributed by atoms with Crippen molar-refractivity contribution in [2.45, 2.75) is 39.2 Å². The molecule has 9 heteroatoms. The summed E-state index contributed by atoms with van der Waals surface area (Å²) in [4.78, 5) is 34.6. The molecule has 0 saturated carbocycles. The first kappa shape index (κ1) is 18.5. The van der Waals surface area contributed by atoms with Gasteiger partial charge < -0.3 is 19.5 Å². The Morgan fingerprint density at radius 3 is 2.80 bits per heavy atom. The van der Waals surface area contributed by atoms with Crippen molar-refractivity contribution >= 4 is 29.0 Å². The van der Waals surface area contributed by atoms with Gasteiger partial charge in [0.05, 0.1) is 23.8 Å². The Hall–Kier alpha value is -3.49. The summed E-state index contributed by atoms with van der Waals surface area (Å²) in [5.74, 6) is 2.69.